The Balaban J connectivity index is 3.01. The second-order valence-electron chi connectivity index (χ2n) is 3.33. The fourth-order valence-corrected chi connectivity index (χ4v) is 1.53. The van der Waals surface area contributed by atoms with Crippen molar-refractivity contribution in [3.05, 3.63) is 34.3 Å². The fourth-order valence-electron chi connectivity index (χ4n) is 1.24. The smallest absolute Gasteiger partial charge is 0.0704 e. The number of aliphatic hydroxyl groups excluding tert-OH is 1. The summed E-state index contributed by atoms with van der Waals surface area (Å²) in [4.78, 5) is 0. The molecule has 3 heteroatoms. The monoisotopic (exact) mass is 199 g/mol. The van der Waals surface area contributed by atoms with E-state index in [-0.39, 0.29) is 6.04 Å². The van der Waals surface area contributed by atoms with Crippen molar-refractivity contribution in [2.45, 2.75) is 26.0 Å². The molecule has 2 atom stereocenters. The molecule has 2 nitrogen and oxygen atoms in total. The molecule has 1 rings (SSSR count). The van der Waals surface area contributed by atoms with Crippen molar-refractivity contribution in [1.82, 2.24) is 0 Å². The van der Waals surface area contributed by atoms with Crippen molar-refractivity contribution >= 4 is 11.6 Å². The number of rotatable bonds is 2. The molecule has 0 radical (unpaired) electrons. The molecule has 0 unspecified atom stereocenters. The van der Waals surface area contributed by atoms with E-state index in [2.05, 4.69) is 0 Å². The van der Waals surface area contributed by atoms with Crippen LogP contribution in [0.4, 0.5) is 0 Å². The van der Waals surface area contributed by atoms with Crippen molar-refractivity contribution in [2.75, 3.05) is 0 Å². The van der Waals surface area contributed by atoms with Gasteiger partial charge in [-0.2, -0.15) is 0 Å². The van der Waals surface area contributed by atoms with Crippen LogP contribution in [0.2, 0.25) is 5.02 Å². The first kappa shape index (κ1) is 10.5. The van der Waals surface area contributed by atoms with Gasteiger partial charge in [-0.15, -0.1) is 0 Å². The van der Waals surface area contributed by atoms with Gasteiger partial charge in [-0.05, 0) is 37.1 Å². The number of hydrogen-bond donors (Lipinski definition) is 2. The summed E-state index contributed by atoms with van der Waals surface area (Å²) in [7, 11) is 0. The highest BCUT2D eigenvalue weighted by Gasteiger charge is 2.12. The van der Waals surface area contributed by atoms with Crippen LogP contribution in [0.25, 0.3) is 0 Å². The minimum absolute atomic E-state index is 0.364. The van der Waals surface area contributed by atoms with Gasteiger partial charge in [0.15, 0.2) is 0 Å². The van der Waals surface area contributed by atoms with Gasteiger partial charge in [-0.25, -0.2) is 0 Å². The van der Waals surface area contributed by atoms with E-state index in [9.17, 15) is 5.11 Å². The molecule has 0 aromatic heterocycles. The van der Waals surface area contributed by atoms with Crippen LogP contribution in [-0.4, -0.2) is 11.2 Å². The van der Waals surface area contributed by atoms with Gasteiger partial charge in [-0.3, -0.25) is 0 Å². The van der Waals surface area contributed by atoms with E-state index < -0.39 is 6.10 Å². The molecule has 1 aromatic carbocycles. The van der Waals surface area contributed by atoms with Gasteiger partial charge >= 0.3 is 0 Å². The maximum atomic E-state index is 9.29. The lowest BCUT2D eigenvalue weighted by molar-refractivity contribution is 0.164. The Bertz CT molecular complexity index is 279. The Morgan fingerprint density at radius 3 is 2.46 bits per heavy atom. The van der Waals surface area contributed by atoms with E-state index in [1.807, 2.05) is 19.1 Å². The molecule has 0 saturated carbocycles. The summed E-state index contributed by atoms with van der Waals surface area (Å²) in [5, 5.41) is 9.95. The van der Waals surface area contributed by atoms with Crippen LogP contribution in [-0.2, 0) is 0 Å². The van der Waals surface area contributed by atoms with Gasteiger partial charge in [0, 0.05) is 5.02 Å². The molecule has 0 aliphatic rings. The molecule has 0 saturated heterocycles. The van der Waals surface area contributed by atoms with Gasteiger partial charge < -0.3 is 10.8 Å². The highest BCUT2D eigenvalue weighted by atomic mass is 35.5. The van der Waals surface area contributed by atoms with Crippen LogP contribution < -0.4 is 5.73 Å². The van der Waals surface area contributed by atoms with E-state index in [1.54, 1.807) is 13.0 Å². The predicted octanol–water partition coefficient (Wildman–Crippen LogP) is 2.03. The molecule has 72 valence electrons. The molecule has 0 heterocycles. The van der Waals surface area contributed by atoms with Crippen molar-refractivity contribution in [1.29, 1.82) is 0 Å². The Kier molecular flexibility index (Phi) is 3.31. The topological polar surface area (TPSA) is 46.2 Å². The van der Waals surface area contributed by atoms with E-state index in [4.69, 9.17) is 17.3 Å². The molecule has 0 aliphatic heterocycles. The van der Waals surface area contributed by atoms with E-state index >= 15 is 0 Å². The summed E-state index contributed by atoms with van der Waals surface area (Å²) in [6, 6.07) is 5.21. The second-order valence-corrected chi connectivity index (χ2v) is 3.76. The largest absolute Gasteiger partial charge is 0.391 e. The lowest BCUT2D eigenvalue weighted by Gasteiger charge is -2.15. The molecule has 0 amide bonds. The summed E-state index contributed by atoms with van der Waals surface area (Å²) < 4.78 is 0. The maximum absolute atomic E-state index is 9.29. The number of benzene rings is 1. The van der Waals surface area contributed by atoms with Crippen LogP contribution in [0.3, 0.4) is 0 Å². The van der Waals surface area contributed by atoms with Crippen LogP contribution in [0.15, 0.2) is 18.2 Å². The maximum Gasteiger partial charge on any atom is 0.0704 e. The van der Waals surface area contributed by atoms with Crippen LogP contribution in [0, 0.1) is 6.92 Å². The van der Waals surface area contributed by atoms with Gasteiger partial charge in [0.1, 0.15) is 0 Å². The number of hydrogen-bond acceptors (Lipinski definition) is 2. The van der Waals surface area contributed by atoms with E-state index in [0.717, 1.165) is 11.1 Å². The first-order valence-corrected chi connectivity index (χ1v) is 4.59. The molecule has 0 spiro atoms. The van der Waals surface area contributed by atoms with Gasteiger partial charge in [0.25, 0.3) is 0 Å². The first-order valence-electron chi connectivity index (χ1n) is 4.21. The SMILES string of the molecule is Cc1cc(Cl)cc([C@@H](N)[C@H](C)O)c1. The lowest BCUT2D eigenvalue weighted by atomic mass is 10.0. The fraction of sp³-hybridized carbons (Fsp3) is 0.400. The highest BCUT2D eigenvalue weighted by molar-refractivity contribution is 6.30. The zero-order valence-electron chi connectivity index (χ0n) is 7.79. The van der Waals surface area contributed by atoms with Gasteiger partial charge in [0.05, 0.1) is 12.1 Å². The Hall–Kier alpha value is -0.570. The zero-order chi connectivity index (χ0) is 10.0. The molecular formula is C10H14ClNO. The summed E-state index contributed by atoms with van der Waals surface area (Å²) in [6.07, 6.45) is -0.558. The second kappa shape index (κ2) is 4.09. The molecule has 0 fully saturated rings. The Morgan fingerprint density at radius 1 is 1.38 bits per heavy atom. The predicted molar refractivity (Wildman–Crippen MR) is 54.8 cm³/mol. The Morgan fingerprint density at radius 2 is 2.00 bits per heavy atom. The summed E-state index contributed by atoms with van der Waals surface area (Å²) >= 11 is 5.86. The average molecular weight is 200 g/mol. The van der Waals surface area contributed by atoms with Crippen LogP contribution >= 0.6 is 11.6 Å². The quantitative estimate of drug-likeness (QED) is 0.766. The minimum atomic E-state index is -0.558. The Labute approximate surface area is 83.3 Å². The standard InChI is InChI=1S/C10H14ClNO/c1-6-3-8(5-9(11)4-6)10(12)7(2)13/h3-5,7,10,13H,12H2,1-2H3/t7-,10-/m0/s1. The average Bonchev–Trinajstić information content (AvgIpc) is 2.01. The van der Waals surface area contributed by atoms with Crippen molar-refractivity contribution in [2.24, 2.45) is 5.73 Å². The lowest BCUT2D eigenvalue weighted by Crippen LogP contribution is -2.23. The van der Waals surface area contributed by atoms with E-state index in [0.29, 0.717) is 5.02 Å². The van der Waals surface area contributed by atoms with Crippen LogP contribution in [0.5, 0.6) is 0 Å². The molecule has 0 aliphatic carbocycles. The van der Waals surface area contributed by atoms with Crippen molar-refractivity contribution in [3.63, 3.8) is 0 Å². The third-order valence-electron chi connectivity index (χ3n) is 1.97. The number of nitrogens with two attached hydrogens (primary N) is 1. The number of aryl methyl sites for hydroxylation is 1. The number of aliphatic hydroxyl groups is 1. The van der Waals surface area contributed by atoms with Crippen molar-refractivity contribution < 1.29 is 5.11 Å². The molecular weight excluding hydrogens is 186 g/mol. The molecule has 3 N–H and O–H groups in total. The van der Waals surface area contributed by atoms with Gasteiger partial charge in [0.2, 0.25) is 0 Å². The summed E-state index contributed by atoms with van der Waals surface area (Å²) in [6.45, 7) is 3.62. The summed E-state index contributed by atoms with van der Waals surface area (Å²) in [5.41, 5.74) is 7.70. The third-order valence-corrected chi connectivity index (χ3v) is 2.19. The normalized spacial score (nSPS) is 15.5. The molecule has 1 aromatic rings. The van der Waals surface area contributed by atoms with Gasteiger partial charge in [-0.1, -0.05) is 17.7 Å². The zero-order valence-corrected chi connectivity index (χ0v) is 8.55. The third kappa shape index (κ3) is 2.69. The first-order chi connectivity index (χ1) is 6.00. The highest BCUT2D eigenvalue weighted by Crippen LogP contribution is 2.20. The summed E-state index contributed by atoms with van der Waals surface area (Å²) in [5.74, 6) is 0. The van der Waals surface area contributed by atoms with Crippen LogP contribution in [0.1, 0.15) is 24.1 Å². The minimum Gasteiger partial charge on any atom is -0.391 e. The van der Waals surface area contributed by atoms with E-state index in [1.165, 1.54) is 0 Å². The number of halogens is 1. The van der Waals surface area contributed by atoms with Crippen molar-refractivity contribution in [3.8, 4) is 0 Å². The molecule has 13 heavy (non-hydrogen) atoms. The molecule has 0 bridgehead atoms.